The lowest BCUT2D eigenvalue weighted by molar-refractivity contribution is 0.0529. The molecule has 0 aromatic carbocycles. The van der Waals surface area contributed by atoms with Gasteiger partial charge in [-0.05, 0) is 39.3 Å². The summed E-state index contributed by atoms with van der Waals surface area (Å²) in [5.41, 5.74) is 0.362. The first-order valence-electron chi connectivity index (χ1n) is 9.09. The third-order valence-electron chi connectivity index (χ3n) is 3.56. The third kappa shape index (κ3) is 8.28. The van der Waals surface area contributed by atoms with Gasteiger partial charge < -0.3 is 20.7 Å². The first-order valence-corrected chi connectivity index (χ1v) is 9.09. The third-order valence-corrected chi connectivity index (χ3v) is 3.56. The van der Waals surface area contributed by atoms with Crippen molar-refractivity contribution in [2.75, 3.05) is 26.7 Å². The van der Waals surface area contributed by atoms with Gasteiger partial charge in [0.2, 0.25) is 0 Å². The topological polar surface area (TPSA) is 105 Å². The molecule has 3 N–H and O–H groups in total. The molecule has 2 aromatic rings. The second kappa shape index (κ2) is 11.7. The summed E-state index contributed by atoms with van der Waals surface area (Å²) in [5.74, 6) is 1.63. The van der Waals surface area contributed by atoms with Crippen molar-refractivity contribution < 1.29 is 9.53 Å². The molecular weight excluding hydrogens is 473 g/mol. The average Bonchev–Trinajstić information content (AvgIpc) is 3.02. The van der Waals surface area contributed by atoms with E-state index in [1.807, 2.05) is 49.6 Å². The molecule has 1 amide bonds. The average molecular weight is 503 g/mol. The number of hydrogen-bond acceptors (Lipinski definition) is 5. The van der Waals surface area contributed by atoms with Gasteiger partial charge in [-0.2, -0.15) is 0 Å². The Bertz CT molecular complexity index is 771. The van der Waals surface area contributed by atoms with E-state index >= 15 is 0 Å². The molecule has 28 heavy (non-hydrogen) atoms. The van der Waals surface area contributed by atoms with Crippen LogP contribution >= 0.6 is 24.0 Å². The van der Waals surface area contributed by atoms with Crippen molar-refractivity contribution in [3.63, 3.8) is 0 Å². The first-order chi connectivity index (χ1) is 12.9. The minimum atomic E-state index is -0.495. The molecule has 0 saturated carbocycles. The summed E-state index contributed by atoms with van der Waals surface area (Å²) in [6.45, 7) is 7.24. The van der Waals surface area contributed by atoms with Gasteiger partial charge in [0.1, 0.15) is 11.4 Å². The number of alkyl carbamates (subject to hydrolysis) is 1. The lowest BCUT2D eigenvalue weighted by atomic mass is 10.2. The van der Waals surface area contributed by atoms with E-state index in [0.29, 0.717) is 19.0 Å². The Morgan fingerprint density at radius 2 is 1.86 bits per heavy atom. The molecule has 2 aromatic heterocycles. The fourth-order valence-corrected chi connectivity index (χ4v) is 2.39. The fraction of sp³-hybridized carbons (Fsp3) is 0.556. The molecule has 156 valence electrons. The first kappa shape index (κ1) is 23.9. The van der Waals surface area contributed by atoms with E-state index in [0.717, 1.165) is 30.9 Å². The number of carbonyl (C=O) groups is 1. The number of pyridine rings is 1. The Morgan fingerprint density at radius 1 is 1.14 bits per heavy atom. The van der Waals surface area contributed by atoms with Gasteiger partial charge in [-0.3, -0.25) is 9.39 Å². The van der Waals surface area contributed by atoms with Crippen molar-refractivity contribution in [3.8, 4) is 0 Å². The van der Waals surface area contributed by atoms with E-state index < -0.39 is 11.7 Å². The number of hydrogen-bond donors (Lipinski definition) is 3. The number of rotatable bonds is 7. The van der Waals surface area contributed by atoms with Gasteiger partial charge in [-0.15, -0.1) is 34.2 Å². The quantitative estimate of drug-likeness (QED) is 0.231. The fourth-order valence-electron chi connectivity index (χ4n) is 2.39. The van der Waals surface area contributed by atoms with Crippen LogP contribution in [0.3, 0.4) is 0 Å². The number of aryl methyl sites for hydroxylation is 1. The normalized spacial score (nSPS) is 11.6. The van der Waals surface area contributed by atoms with Crippen LogP contribution in [0.15, 0.2) is 29.4 Å². The Balaban J connectivity index is 0.00000392. The van der Waals surface area contributed by atoms with E-state index in [9.17, 15) is 4.79 Å². The Labute approximate surface area is 182 Å². The lowest BCUT2D eigenvalue weighted by Gasteiger charge is -2.19. The van der Waals surface area contributed by atoms with Gasteiger partial charge >= 0.3 is 6.09 Å². The zero-order chi connectivity index (χ0) is 19.7. The molecule has 0 aliphatic heterocycles. The van der Waals surface area contributed by atoms with Crippen molar-refractivity contribution in [2.24, 2.45) is 4.99 Å². The highest BCUT2D eigenvalue weighted by molar-refractivity contribution is 14.0. The molecule has 2 heterocycles. The van der Waals surface area contributed by atoms with Crippen LogP contribution in [-0.2, 0) is 11.2 Å². The molecule has 0 bridgehead atoms. The molecule has 0 atom stereocenters. The van der Waals surface area contributed by atoms with Crippen LogP contribution in [0.25, 0.3) is 5.65 Å². The van der Waals surface area contributed by atoms with Crippen molar-refractivity contribution >= 4 is 41.7 Å². The number of nitrogens with one attached hydrogen (secondary N) is 3. The summed E-state index contributed by atoms with van der Waals surface area (Å²) in [4.78, 5) is 15.7. The van der Waals surface area contributed by atoms with E-state index in [1.165, 1.54) is 0 Å². The van der Waals surface area contributed by atoms with E-state index in [1.54, 1.807) is 7.05 Å². The van der Waals surface area contributed by atoms with Crippen molar-refractivity contribution in [2.45, 2.75) is 39.2 Å². The van der Waals surface area contributed by atoms with Gasteiger partial charge in [-0.25, -0.2) is 4.79 Å². The molecule has 2 rings (SSSR count). The van der Waals surface area contributed by atoms with Crippen LogP contribution in [-0.4, -0.2) is 58.9 Å². The standard InChI is InChI=1S/C18H29N7O2.HI/c1-18(2,3)27-17(26)22-12-11-21-16(19-4)20-10-7-9-15-24-23-14-8-5-6-13-25(14)15;/h5-6,8,13H,7,9-12H2,1-4H3,(H,22,26)(H2,19,20,21);1H. The molecule has 0 aliphatic rings. The largest absolute Gasteiger partial charge is 0.444 e. The zero-order valence-electron chi connectivity index (χ0n) is 16.9. The van der Waals surface area contributed by atoms with Crippen molar-refractivity contribution in [1.82, 2.24) is 30.5 Å². The van der Waals surface area contributed by atoms with Crippen LogP contribution in [0, 0.1) is 0 Å². The van der Waals surface area contributed by atoms with Crippen LogP contribution in [0.4, 0.5) is 4.79 Å². The minimum absolute atomic E-state index is 0. The number of aliphatic imine (C=N–C) groups is 1. The number of guanidine groups is 1. The highest BCUT2D eigenvalue weighted by atomic mass is 127. The Hall–Kier alpha value is -2.11. The zero-order valence-corrected chi connectivity index (χ0v) is 19.2. The lowest BCUT2D eigenvalue weighted by Crippen LogP contribution is -2.42. The van der Waals surface area contributed by atoms with E-state index in [2.05, 4.69) is 31.1 Å². The van der Waals surface area contributed by atoms with Crippen molar-refractivity contribution in [1.29, 1.82) is 0 Å². The molecule has 9 nitrogen and oxygen atoms in total. The van der Waals surface area contributed by atoms with Crippen LogP contribution in [0.2, 0.25) is 0 Å². The number of amides is 1. The Kier molecular flexibility index (Phi) is 9.97. The smallest absolute Gasteiger partial charge is 0.407 e. The van der Waals surface area contributed by atoms with Crippen LogP contribution in [0.5, 0.6) is 0 Å². The molecule has 0 spiro atoms. The monoisotopic (exact) mass is 503 g/mol. The molecule has 0 saturated heterocycles. The maximum absolute atomic E-state index is 11.6. The highest BCUT2D eigenvalue weighted by Gasteiger charge is 2.15. The highest BCUT2D eigenvalue weighted by Crippen LogP contribution is 2.06. The van der Waals surface area contributed by atoms with Crippen LogP contribution < -0.4 is 16.0 Å². The predicted octanol–water partition coefficient (Wildman–Crippen LogP) is 1.97. The molecule has 0 unspecified atom stereocenters. The summed E-state index contributed by atoms with van der Waals surface area (Å²) in [6.07, 6.45) is 3.26. The van der Waals surface area contributed by atoms with Gasteiger partial charge in [0.25, 0.3) is 0 Å². The summed E-state index contributed by atoms with van der Waals surface area (Å²) in [6, 6.07) is 5.85. The number of fused-ring (bicyclic) bond motifs is 1. The maximum atomic E-state index is 11.6. The molecular formula is C18H30IN7O2. The SMILES string of the molecule is CN=C(NCCCc1nnc2ccccn12)NCCNC(=O)OC(C)(C)C.I. The Morgan fingerprint density at radius 3 is 2.57 bits per heavy atom. The van der Waals surface area contributed by atoms with Crippen LogP contribution in [0.1, 0.15) is 33.0 Å². The van der Waals surface area contributed by atoms with Crippen molar-refractivity contribution in [3.05, 3.63) is 30.2 Å². The molecule has 0 aliphatic carbocycles. The number of aromatic nitrogens is 3. The minimum Gasteiger partial charge on any atom is -0.444 e. The van der Waals surface area contributed by atoms with Gasteiger partial charge in [-0.1, -0.05) is 6.07 Å². The summed E-state index contributed by atoms with van der Waals surface area (Å²) in [7, 11) is 1.71. The molecule has 0 radical (unpaired) electrons. The molecule has 10 heteroatoms. The van der Waals surface area contributed by atoms with E-state index in [4.69, 9.17) is 4.74 Å². The summed E-state index contributed by atoms with van der Waals surface area (Å²) in [5, 5.41) is 17.5. The van der Waals surface area contributed by atoms with Gasteiger partial charge in [0.15, 0.2) is 11.6 Å². The maximum Gasteiger partial charge on any atom is 0.407 e. The number of halogens is 1. The second-order valence-electron chi connectivity index (χ2n) is 7.00. The summed E-state index contributed by atoms with van der Waals surface area (Å²) >= 11 is 0. The van der Waals surface area contributed by atoms with E-state index in [-0.39, 0.29) is 24.0 Å². The predicted molar refractivity (Wildman–Crippen MR) is 120 cm³/mol. The van der Waals surface area contributed by atoms with Gasteiger partial charge in [0.05, 0.1) is 0 Å². The number of carbonyl (C=O) groups excluding carboxylic acids is 1. The number of nitrogens with zero attached hydrogens (tertiary/aromatic N) is 4. The summed E-state index contributed by atoms with van der Waals surface area (Å²) < 4.78 is 7.18. The molecule has 0 fully saturated rings. The second-order valence-corrected chi connectivity index (χ2v) is 7.00. The number of ether oxygens (including phenoxy) is 1. The van der Waals surface area contributed by atoms with Gasteiger partial charge in [0, 0.05) is 39.3 Å².